The van der Waals surface area contributed by atoms with E-state index in [0.29, 0.717) is 18.5 Å². The molecule has 1 aliphatic heterocycles. The second-order valence-electron chi connectivity index (χ2n) is 7.73. The van der Waals surface area contributed by atoms with Crippen LogP contribution in [0.5, 0.6) is 0 Å². The van der Waals surface area contributed by atoms with E-state index < -0.39 is 5.97 Å². The molecule has 0 radical (unpaired) electrons. The van der Waals surface area contributed by atoms with E-state index in [2.05, 4.69) is 33.8 Å². The number of amides is 1. The Morgan fingerprint density at radius 2 is 1.89 bits per heavy atom. The Labute approximate surface area is 168 Å². The predicted molar refractivity (Wildman–Crippen MR) is 113 cm³/mol. The quantitative estimate of drug-likeness (QED) is 0.459. The number of rotatable bonds is 9. The number of hydrogen-bond acceptors (Lipinski definition) is 2. The molecule has 1 aliphatic rings. The van der Waals surface area contributed by atoms with Crippen molar-refractivity contribution in [1.82, 2.24) is 4.90 Å². The Hall–Kier alpha value is -2.36. The lowest BCUT2D eigenvalue weighted by Crippen LogP contribution is -2.35. The number of nitrogens with zero attached hydrogens (tertiary/aromatic N) is 1. The molecule has 0 unspecified atom stereocenters. The summed E-state index contributed by atoms with van der Waals surface area (Å²) in [5, 5.41) is 9.01. The van der Waals surface area contributed by atoms with Gasteiger partial charge in [-0.05, 0) is 68.9 Å². The summed E-state index contributed by atoms with van der Waals surface area (Å²) in [4.78, 5) is 25.5. The minimum absolute atomic E-state index is 0.167. The normalized spacial score (nSPS) is 18.4. The Morgan fingerprint density at radius 3 is 2.50 bits per heavy atom. The number of carboxylic acid groups (broad SMARTS) is 1. The van der Waals surface area contributed by atoms with Crippen molar-refractivity contribution in [3.05, 3.63) is 58.2 Å². The topological polar surface area (TPSA) is 57.6 Å². The molecular weight excluding hydrogens is 350 g/mol. The van der Waals surface area contributed by atoms with Crippen LogP contribution in [0.4, 0.5) is 0 Å². The number of carbonyl (C=O) groups is 2. The molecule has 4 nitrogen and oxygen atoms in total. The number of aromatic carboxylic acids is 1. The number of unbranched alkanes of at least 4 members (excludes halogenated alkanes) is 2. The molecule has 1 fully saturated rings. The Balaban J connectivity index is 2.08. The average Bonchev–Trinajstić information content (AvgIpc) is 3.06. The highest BCUT2D eigenvalue weighted by Crippen LogP contribution is 2.29. The van der Waals surface area contributed by atoms with Crippen LogP contribution in [-0.4, -0.2) is 34.5 Å². The van der Waals surface area contributed by atoms with E-state index in [-0.39, 0.29) is 11.9 Å². The number of benzene rings is 1. The van der Waals surface area contributed by atoms with Crippen LogP contribution in [0.25, 0.3) is 0 Å². The fourth-order valence-electron chi connectivity index (χ4n) is 3.76. The van der Waals surface area contributed by atoms with Crippen molar-refractivity contribution in [3.8, 4) is 0 Å². The highest BCUT2D eigenvalue weighted by Gasteiger charge is 2.32. The van der Waals surface area contributed by atoms with Crippen LogP contribution in [0.15, 0.2) is 47.1 Å². The first kappa shape index (κ1) is 21.9. The van der Waals surface area contributed by atoms with Crippen molar-refractivity contribution in [2.75, 3.05) is 6.54 Å². The van der Waals surface area contributed by atoms with Crippen LogP contribution < -0.4 is 0 Å². The molecule has 0 aliphatic carbocycles. The molecule has 0 bridgehead atoms. The minimum atomic E-state index is -0.917. The van der Waals surface area contributed by atoms with E-state index in [1.54, 1.807) is 12.1 Å². The lowest BCUT2D eigenvalue weighted by molar-refractivity contribution is -0.128. The zero-order chi connectivity index (χ0) is 20.7. The third kappa shape index (κ3) is 5.57. The lowest BCUT2D eigenvalue weighted by Gasteiger charge is -2.27. The van der Waals surface area contributed by atoms with E-state index in [9.17, 15) is 9.59 Å². The first-order valence-electron chi connectivity index (χ1n) is 10.3. The molecule has 1 heterocycles. The van der Waals surface area contributed by atoms with Gasteiger partial charge in [0.1, 0.15) is 0 Å². The van der Waals surface area contributed by atoms with E-state index in [1.165, 1.54) is 29.6 Å². The average molecular weight is 384 g/mol. The molecule has 0 spiro atoms. The second-order valence-corrected chi connectivity index (χ2v) is 7.73. The Morgan fingerprint density at radius 1 is 1.21 bits per heavy atom. The van der Waals surface area contributed by atoms with Gasteiger partial charge in [0.15, 0.2) is 0 Å². The van der Waals surface area contributed by atoms with Gasteiger partial charge in [0.2, 0.25) is 5.91 Å². The molecule has 1 saturated heterocycles. The van der Waals surface area contributed by atoms with E-state index in [0.717, 1.165) is 24.8 Å². The van der Waals surface area contributed by atoms with Gasteiger partial charge in [-0.3, -0.25) is 4.79 Å². The van der Waals surface area contributed by atoms with Crippen molar-refractivity contribution in [2.24, 2.45) is 0 Å². The maximum Gasteiger partial charge on any atom is 0.335 e. The molecule has 4 heteroatoms. The number of allylic oxidation sites excluding steroid dienone is 3. The molecule has 2 rings (SSSR count). The van der Waals surface area contributed by atoms with Crippen molar-refractivity contribution in [2.45, 2.75) is 72.3 Å². The maximum absolute atomic E-state index is 12.5. The van der Waals surface area contributed by atoms with Gasteiger partial charge in [-0.25, -0.2) is 4.79 Å². The molecule has 0 saturated carbocycles. The third-order valence-corrected chi connectivity index (χ3v) is 5.86. The van der Waals surface area contributed by atoms with Crippen LogP contribution in [0.1, 0.15) is 75.7 Å². The highest BCUT2D eigenvalue weighted by atomic mass is 16.4. The van der Waals surface area contributed by atoms with Gasteiger partial charge in [0.25, 0.3) is 0 Å². The first-order chi connectivity index (χ1) is 13.3. The number of hydrogen-bond donors (Lipinski definition) is 1. The SMILES string of the molecule is CCCCC=C(C)C(C)=C(C)[C@H]1CCC(=O)N1CCc1ccc(C(=O)O)cc1. The first-order valence-corrected chi connectivity index (χ1v) is 10.3. The van der Waals surface area contributed by atoms with Gasteiger partial charge in [-0.1, -0.05) is 43.5 Å². The Bertz CT molecular complexity index is 759. The van der Waals surface area contributed by atoms with Gasteiger partial charge >= 0.3 is 5.97 Å². The van der Waals surface area contributed by atoms with Crippen molar-refractivity contribution in [3.63, 3.8) is 0 Å². The summed E-state index contributed by atoms with van der Waals surface area (Å²) in [7, 11) is 0. The molecule has 1 atom stereocenters. The summed E-state index contributed by atoms with van der Waals surface area (Å²) >= 11 is 0. The molecule has 1 aromatic carbocycles. The van der Waals surface area contributed by atoms with Gasteiger partial charge in [-0.15, -0.1) is 0 Å². The highest BCUT2D eigenvalue weighted by molar-refractivity contribution is 5.87. The minimum Gasteiger partial charge on any atom is -0.478 e. The van der Waals surface area contributed by atoms with Crippen LogP contribution >= 0.6 is 0 Å². The van der Waals surface area contributed by atoms with Crippen LogP contribution in [-0.2, 0) is 11.2 Å². The van der Waals surface area contributed by atoms with Gasteiger partial charge in [-0.2, -0.15) is 0 Å². The van der Waals surface area contributed by atoms with E-state index >= 15 is 0 Å². The summed E-state index contributed by atoms with van der Waals surface area (Å²) in [5.41, 5.74) is 5.24. The van der Waals surface area contributed by atoms with Crippen molar-refractivity contribution in [1.29, 1.82) is 0 Å². The summed E-state index contributed by atoms with van der Waals surface area (Å²) in [5.74, 6) is -0.702. The summed E-state index contributed by atoms with van der Waals surface area (Å²) in [6.45, 7) is 9.36. The molecular formula is C24H33NO3. The molecule has 1 N–H and O–H groups in total. The molecule has 152 valence electrons. The Kier molecular flexibility index (Phi) is 8.04. The van der Waals surface area contributed by atoms with E-state index in [1.807, 2.05) is 17.0 Å². The zero-order valence-electron chi connectivity index (χ0n) is 17.6. The fourth-order valence-corrected chi connectivity index (χ4v) is 3.76. The summed E-state index contributed by atoms with van der Waals surface area (Å²) < 4.78 is 0. The largest absolute Gasteiger partial charge is 0.478 e. The predicted octanol–water partition coefficient (Wildman–Crippen LogP) is 5.39. The monoisotopic (exact) mass is 383 g/mol. The van der Waals surface area contributed by atoms with E-state index in [4.69, 9.17) is 5.11 Å². The maximum atomic E-state index is 12.5. The number of carbonyl (C=O) groups excluding carboxylic acids is 1. The molecule has 0 aromatic heterocycles. The smallest absolute Gasteiger partial charge is 0.335 e. The van der Waals surface area contributed by atoms with Crippen molar-refractivity contribution >= 4 is 11.9 Å². The molecule has 1 aromatic rings. The number of likely N-dealkylation sites (tertiary alicyclic amines) is 1. The summed E-state index contributed by atoms with van der Waals surface area (Å²) in [6.07, 6.45) is 8.04. The van der Waals surface area contributed by atoms with Gasteiger partial charge in [0.05, 0.1) is 11.6 Å². The zero-order valence-corrected chi connectivity index (χ0v) is 17.6. The van der Waals surface area contributed by atoms with Gasteiger partial charge < -0.3 is 10.0 Å². The summed E-state index contributed by atoms with van der Waals surface area (Å²) in [6, 6.07) is 7.10. The fraction of sp³-hybridized carbons (Fsp3) is 0.500. The van der Waals surface area contributed by atoms with Gasteiger partial charge in [0, 0.05) is 13.0 Å². The number of carboxylic acids is 1. The molecule has 28 heavy (non-hydrogen) atoms. The van der Waals surface area contributed by atoms with Crippen molar-refractivity contribution < 1.29 is 14.7 Å². The standard InChI is InChI=1S/C24H33NO3/c1-5-6-7-8-17(2)18(3)19(4)22-13-14-23(26)25(22)16-15-20-9-11-21(12-10-20)24(27)28/h8-12,22H,5-7,13-16H2,1-4H3,(H,27,28)/t22-/m1/s1. The van der Waals surface area contributed by atoms with Crippen LogP contribution in [0.3, 0.4) is 0 Å². The molecule has 1 amide bonds. The second kappa shape index (κ2) is 10.3. The van der Waals surface area contributed by atoms with Crippen LogP contribution in [0, 0.1) is 0 Å². The van der Waals surface area contributed by atoms with Crippen LogP contribution in [0.2, 0.25) is 0 Å². The third-order valence-electron chi connectivity index (χ3n) is 5.86. The lowest BCUT2D eigenvalue weighted by atomic mass is 9.95.